The van der Waals surface area contributed by atoms with Gasteiger partial charge in [0.1, 0.15) is 10.9 Å². The predicted molar refractivity (Wildman–Crippen MR) is 141 cm³/mol. The Bertz CT molecular complexity index is 1460. The number of carbonyl (C=O) groups is 1. The lowest BCUT2D eigenvalue weighted by Crippen LogP contribution is -2.27. The summed E-state index contributed by atoms with van der Waals surface area (Å²) in [6, 6.07) is 11.5. The molecule has 8 nitrogen and oxygen atoms in total. The Morgan fingerprint density at radius 2 is 2.03 bits per heavy atom. The van der Waals surface area contributed by atoms with Crippen molar-refractivity contribution in [3.63, 3.8) is 0 Å². The van der Waals surface area contributed by atoms with Gasteiger partial charge in [0.05, 0.1) is 29.7 Å². The maximum absolute atomic E-state index is 13.3. The van der Waals surface area contributed by atoms with Crippen LogP contribution in [0, 0.1) is 6.92 Å². The van der Waals surface area contributed by atoms with E-state index in [0.29, 0.717) is 38.3 Å². The Morgan fingerprint density at radius 1 is 1.22 bits per heavy atom. The molecule has 1 amide bonds. The number of aromatic nitrogens is 4. The minimum atomic E-state index is -0.906. The van der Waals surface area contributed by atoms with E-state index in [-0.39, 0.29) is 10.4 Å². The van der Waals surface area contributed by atoms with Crippen LogP contribution < -0.4 is 10.1 Å². The molecule has 0 spiro atoms. The summed E-state index contributed by atoms with van der Waals surface area (Å²) < 4.78 is 6.09. The SMILES string of the molecule is COc1cnc(Cl)cc1-c1cc(C)ncc1C(=O)Nc1nnc(SC2c3ccccc3CC2(C)O)s1. The number of pyridine rings is 2. The van der Waals surface area contributed by atoms with Crippen LogP contribution in [0.15, 0.2) is 53.1 Å². The number of anilines is 1. The highest BCUT2D eigenvalue weighted by atomic mass is 35.5. The standard InChI is InChI=1S/C25H22ClN5O3S2/c1-13-8-16(17-9-20(26)28-12-19(17)34-3)18(11-27-13)22(32)29-23-30-31-24(36-23)35-21-15-7-5-4-6-14(15)10-25(21,2)33/h4-9,11-12,21,33H,10H2,1-3H3,(H,29,30,32). The van der Waals surface area contributed by atoms with Crippen LogP contribution in [0.5, 0.6) is 5.75 Å². The van der Waals surface area contributed by atoms with Crippen LogP contribution in [0.2, 0.25) is 5.15 Å². The number of nitrogens with zero attached hydrogens (tertiary/aromatic N) is 4. The molecule has 1 aliphatic carbocycles. The first-order chi connectivity index (χ1) is 17.2. The van der Waals surface area contributed by atoms with Gasteiger partial charge >= 0.3 is 0 Å². The number of fused-ring (bicyclic) bond motifs is 1. The fourth-order valence-electron chi connectivity index (χ4n) is 4.28. The minimum Gasteiger partial charge on any atom is -0.494 e. The van der Waals surface area contributed by atoms with Gasteiger partial charge in [-0.2, -0.15) is 0 Å². The first kappa shape index (κ1) is 24.6. The second-order valence-corrected chi connectivity index (χ2v) is 11.4. The van der Waals surface area contributed by atoms with Crippen LogP contribution in [0.3, 0.4) is 0 Å². The molecule has 1 aliphatic rings. The van der Waals surface area contributed by atoms with Gasteiger partial charge in [-0.25, -0.2) is 4.98 Å². The number of aryl methyl sites for hydroxylation is 1. The van der Waals surface area contributed by atoms with E-state index >= 15 is 0 Å². The predicted octanol–water partition coefficient (Wildman–Crippen LogP) is 5.36. The molecule has 11 heteroatoms. The van der Waals surface area contributed by atoms with Gasteiger partial charge in [-0.1, -0.05) is 59.0 Å². The average molecular weight is 540 g/mol. The van der Waals surface area contributed by atoms with Crippen LogP contribution in [-0.4, -0.2) is 43.9 Å². The lowest BCUT2D eigenvalue weighted by atomic mass is 10.0. The van der Waals surface area contributed by atoms with E-state index in [9.17, 15) is 9.90 Å². The molecule has 3 heterocycles. The Labute approximate surface area is 221 Å². The molecular weight excluding hydrogens is 518 g/mol. The summed E-state index contributed by atoms with van der Waals surface area (Å²) in [5, 5.41) is 22.7. The second kappa shape index (κ2) is 9.78. The molecule has 3 aromatic heterocycles. The van der Waals surface area contributed by atoms with E-state index in [1.165, 1.54) is 42.6 Å². The molecule has 5 rings (SSSR count). The molecule has 0 bridgehead atoms. The van der Waals surface area contributed by atoms with Crippen molar-refractivity contribution in [3.05, 3.63) is 76.3 Å². The number of thioether (sulfide) groups is 1. The number of benzene rings is 1. The molecular formula is C25H22ClN5O3S2. The molecule has 2 atom stereocenters. The number of carbonyl (C=O) groups excluding carboxylic acids is 1. The van der Waals surface area contributed by atoms with Crippen LogP contribution in [-0.2, 0) is 6.42 Å². The molecule has 0 saturated carbocycles. The highest BCUT2D eigenvalue weighted by Crippen LogP contribution is 2.51. The quantitative estimate of drug-likeness (QED) is 0.249. The van der Waals surface area contributed by atoms with Gasteiger partial charge in [0.25, 0.3) is 5.91 Å². The smallest absolute Gasteiger partial charge is 0.259 e. The second-order valence-electron chi connectivity index (χ2n) is 8.64. The highest BCUT2D eigenvalue weighted by molar-refractivity contribution is 8.01. The third-order valence-electron chi connectivity index (χ3n) is 5.93. The monoisotopic (exact) mass is 539 g/mol. The molecule has 0 aliphatic heterocycles. The molecule has 0 saturated heterocycles. The molecule has 36 heavy (non-hydrogen) atoms. The number of hydrogen-bond donors (Lipinski definition) is 2. The van der Waals surface area contributed by atoms with Crippen molar-refractivity contribution < 1.29 is 14.6 Å². The molecule has 0 radical (unpaired) electrons. The average Bonchev–Trinajstić information content (AvgIpc) is 3.39. The van der Waals surface area contributed by atoms with Crippen molar-refractivity contribution in [2.75, 3.05) is 12.4 Å². The van der Waals surface area contributed by atoms with Gasteiger partial charge in [0.15, 0.2) is 4.34 Å². The number of aliphatic hydroxyl groups is 1. The van der Waals surface area contributed by atoms with E-state index < -0.39 is 11.5 Å². The lowest BCUT2D eigenvalue weighted by Gasteiger charge is -2.24. The van der Waals surface area contributed by atoms with Crippen molar-refractivity contribution in [1.29, 1.82) is 0 Å². The van der Waals surface area contributed by atoms with Crippen molar-refractivity contribution in [1.82, 2.24) is 20.2 Å². The largest absolute Gasteiger partial charge is 0.494 e. The minimum absolute atomic E-state index is 0.179. The van der Waals surface area contributed by atoms with E-state index in [2.05, 4.69) is 25.5 Å². The Kier molecular flexibility index (Phi) is 6.69. The van der Waals surface area contributed by atoms with Crippen molar-refractivity contribution in [2.45, 2.75) is 35.5 Å². The Morgan fingerprint density at radius 3 is 2.83 bits per heavy atom. The molecule has 2 unspecified atom stereocenters. The first-order valence-corrected chi connectivity index (χ1v) is 13.1. The van der Waals surface area contributed by atoms with Gasteiger partial charge in [0.2, 0.25) is 5.13 Å². The lowest BCUT2D eigenvalue weighted by molar-refractivity contribution is 0.0688. The summed E-state index contributed by atoms with van der Waals surface area (Å²) in [7, 11) is 1.53. The van der Waals surface area contributed by atoms with Gasteiger partial charge in [-0.15, -0.1) is 10.2 Å². The third kappa shape index (κ3) is 4.81. The highest BCUT2D eigenvalue weighted by Gasteiger charge is 2.42. The fourth-order valence-corrected chi connectivity index (χ4v) is 6.61. The molecule has 4 aromatic rings. The number of halogens is 1. The first-order valence-electron chi connectivity index (χ1n) is 11.0. The summed E-state index contributed by atoms with van der Waals surface area (Å²) >= 11 is 8.83. The summed E-state index contributed by atoms with van der Waals surface area (Å²) in [4.78, 5) is 21.6. The Hall–Kier alpha value is -3.05. The van der Waals surface area contributed by atoms with E-state index in [1.807, 2.05) is 38.1 Å². The zero-order valence-electron chi connectivity index (χ0n) is 19.7. The number of nitrogens with one attached hydrogen (secondary N) is 1. The van der Waals surface area contributed by atoms with Gasteiger partial charge in [-0.05, 0) is 37.1 Å². The summed E-state index contributed by atoms with van der Waals surface area (Å²) in [6.07, 6.45) is 3.60. The van der Waals surface area contributed by atoms with Crippen LogP contribution in [0.4, 0.5) is 5.13 Å². The zero-order valence-corrected chi connectivity index (χ0v) is 22.0. The Balaban J connectivity index is 1.39. The molecule has 2 N–H and O–H groups in total. The number of hydrogen-bond acceptors (Lipinski definition) is 9. The normalized spacial score (nSPS) is 18.6. The third-order valence-corrected chi connectivity index (χ3v) is 8.59. The maximum Gasteiger partial charge on any atom is 0.259 e. The summed E-state index contributed by atoms with van der Waals surface area (Å²) in [5.41, 5.74) is 3.62. The van der Waals surface area contributed by atoms with Crippen molar-refractivity contribution >= 4 is 45.7 Å². The van der Waals surface area contributed by atoms with Crippen molar-refractivity contribution in [3.8, 4) is 16.9 Å². The number of methoxy groups -OCH3 is 1. The maximum atomic E-state index is 13.3. The number of ether oxygens (including phenoxy) is 1. The molecule has 184 valence electrons. The van der Waals surface area contributed by atoms with Gasteiger partial charge in [0, 0.05) is 29.4 Å². The molecule has 1 aromatic carbocycles. The van der Waals surface area contributed by atoms with Crippen LogP contribution >= 0.6 is 34.7 Å². The van der Waals surface area contributed by atoms with Crippen molar-refractivity contribution in [2.24, 2.45) is 0 Å². The number of rotatable bonds is 6. The van der Waals surface area contributed by atoms with E-state index in [0.717, 1.165) is 16.8 Å². The summed E-state index contributed by atoms with van der Waals surface area (Å²) in [6.45, 7) is 3.67. The molecule has 0 fully saturated rings. The number of amides is 1. The van der Waals surface area contributed by atoms with Gasteiger partial charge in [-0.3, -0.25) is 15.1 Å². The van der Waals surface area contributed by atoms with Crippen LogP contribution in [0.1, 0.15) is 39.4 Å². The van der Waals surface area contributed by atoms with Crippen LogP contribution in [0.25, 0.3) is 11.1 Å². The van der Waals surface area contributed by atoms with Gasteiger partial charge < -0.3 is 9.84 Å². The van der Waals surface area contributed by atoms with E-state index in [1.54, 1.807) is 12.1 Å². The fraction of sp³-hybridized carbons (Fsp3) is 0.240. The zero-order chi connectivity index (χ0) is 25.4. The van der Waals surface area contributed by atoms with E-state index in [4.69, 9.17) is 16.3 Å². The summed E-state index contributed by atoms with van der Waals surface area (Å²) in [5.74, 6) is 0.0935. The topological polar surface area (TPSA) is 110 Å².